The number of hydrogen-bond acceptors (Lipinski definition) is 2. The molecule has 0 bridgehead atoms. The first-order chi connectivity index (χ1) is 11.8. The van der Waals surface area contributed by atoms with Crippen molar-refractivity contribution in [2.45, 2.75) is 32.5 Å². The minimum absolute atomic E-state index is 0.957. The van der Waals surface area contributed by atoms with Gasteiger partial charge in [-0.05, 0) is 24.1 Å². The molecule has 124 valence electrons. The summed E-state index contributed by atoms with van der Waals surface area (Å²) in [7, 11) is 2.11. The van der Waals surface area contributed by atoms with Crippen LogP contribution in [-0.4, -0.2) is 25.6 Å². The average Bonchev–Trinajstić information content (AvgIpc) is 3.20. The van der Waals surface area contributed by atoms with Crippen LogP contribution in [0.5, 0.6) is 0 Å². The van der Waals surface area contributed by atoms with Gasteiger partial charge in [0.1, 0.15) is 0 Å². The predicted molar refractivity (Wildman–Crippen MR) is 95.6 cm³/mol. The van der Waals surface area contributed by atoms with Crippen LogP contribution >= 0.6 is 0 Å². The molecule has 0 aliphatic carbocycles. The van der Waals surface area contributed by atoms with Crippen molar-refractivity contribution in [2.75, 3.05) is 6.54 Å². The average molecular weight is 320 g/mol. The molecule has 1 aliphatic heterocycles. The molecule has 3 aromatic rings. The molecule has 0 N–H and O–H groups in total. The second kappa shape index (κ2) is 6.65. The lowest BCUT2D eigenvalue weighted by molar-refractivity contribution is 0.234. The molecule has 4 heteroatoms. The third kappa shape index (κ3) is 3.15. The maximum Gasteiger partial charge on any atom is 0.0952 e. The highest BCUT2D eigenvalue weighted by Crippen LogP contribution is 2.20. The summed E-state index contributed by atoms with van der Waals surface area (Å²) < 4.78 is 4.55. The third-order valence-electron chi connectivity index (χ3n) is 4.99. The molecule has 4 rings (SSSR count). The van der Waals surface area contributed by atoms with Gasteiger partial charge in [-0.15, -0.1) is 0 Å². The Bertz CT molecular complexity index is 800. The van der Waals surface area contributed by atoms with Crippen LogP contribution < -0.4 is 0 Å². The summed E-state index contributed by atoms with van der Waals surface area (Å²) in [5.74, 6) is 0. The van der Waals surface area contributed by atoms with Crippen LogP contribution in [0.2, 0.25) is 0 Å². The molecule has 0 radical (unpaired) electrons. The summed E-state index contributed by atoms with van der Waals surface area (Å²) in [4.78, 5) is 7.18. The van der Waals surface area contributed by atoms with Gasteiger partial charge in [-0.25, -0.2) is 4.98 Å². The molecule has 24 heavy (non-hydrogen) atoms. The Morgan fingerprint density at radius 1 is 1.08 bits per heavy atom. The fraction of sp³-hybridized carbons (Fsp3) is 0.350. The van der Waals surface area contributed by atoms with Crippen molar-refractivity contribution in [3.05, 3.63) is 77.6 Å². The van der Waals surface area contributed by atoms with E-state index >= 15 is 0 Å². The van der Waals surface area contributed by atoms with Gasteiger partial charge in [-0.2, -0.15) is 0 Å². The Morgan fingerprint density at radius 3 is 2.75 bits per heavy atom. The molecule has 0 amide bonds. The molecular weight excluding hydrogens is 296 g/mol. The summed E-state index contributed by atoms with van der Waals surface area (Å²) >= 11 is 0. The zero-order valence-electron chi connectivity index (χ0n) is 14.2. The van der Waals surface area contributed by atoms with Gasteiger partial charge in [0.15, 0.2) is 0 Å². The van der Waals surface area contributed by atoms with Crippen molar-refractivity contribution in [3.8, 4) is 0 Å². The van der Waals surface area contributed by atoms with Crippen molar-refractivity contribution in [3.63, 3.8) is 0 Å². The molecule has 0 atom stereocenters. The smallest absolute Gasteiger partial charge is 0.0952 e. The summed E-state index contributed by atoms with van der Waals surface area (Å²) in [5, 5.41) is 0. The van der Waals surface area contributed by atoms with Gasteiger partial charge in [0, 0.05) is 57.2 Å². The largest absolute Gasteiger partial charge is 0.353 e. The van der Waals surface area contributed by atoms with Gasteiger partial charge in [-0.3, -0.25) is 4.90 Å². The Morgan fingerprint density at radius 2 is 1.96 bits per heavy atom. The van der Waals surface area contributed by atoms with Gasteiger partial charge in [0.25, 0.3) is 0 Å². The van der Waals surface area contributed by atoms with E-state index < -0.39 is 0 Å². The number of aryl methyl sites for hydroxylation is 3. The Labute approximate surface area is 143 Å². The number of fused-ring (bicyclic) bond motifs is 1. The maximum atomic E-state index is 4.69. The Kier molecular flexibility index (Phi) is 4.22. The van der Waals surface area contributed by atoms with E-state index in [1.165, 1.54) is 22.6 Å². The van der Waals surface area contributed by atoms with Crippen molar-refractivity contribution in [2.24, 2.45) is 7.05 Å². The SMILES string of the molecule is Cn1cccc1CN1CCc2c(ncn2CCc2ccccc2)C1. The van der Waals surface area contributed by atoms with Crippen LogP contribution in [0, 0.1) is 0 Å². The number of nitrogens with zero attached hydrogens (tertiary/aromatic N) is 4. The number of rotatable bonds is 5. The van der Waals surface area contributed by atoms with Crippen molar-refractivity contribution in [1.29, 1.82) is 0 Å². The second-order valence-corrected chi connectivity index (χ2v) is 6.64. The van der Waals surface area contributed by atoms with Crippen LogP contribution in [0.4, 0.5) is 0 Å². The van der Waals surface area contributed by atoms with E-state index in [9.17, 15) is 0 Å². The number of imidazole rings is 1. The predicted octanol–water partition coefficient (Wildman–Crippen LogP) is 3.02. The lowest BCUT2D eigenvalue weighted by atomic mass is 10.1. The van der Waals surface area contributed by atoms with Gasteiger partial charge in [0.05, 0.1) is 12.0 Å². The van der Waals surface area contributed by atoms with Crippen LogP contribution in [0.1, 0.15) is 22.6 Å². The van der Waals surface area contributed by atoms with Crippen LogP contribution in [-0.2, 0) is 39.5 Å². The lowest BCUT2D eigenvalue weighted by Gasteiger charge is -2.27. The van der Waals surface area contributed by atoms with Crippen LogP contribution in [0.15, 0.2) is 55.0 Å². The first-order valence-electron chi connectivity index (χ1n) is 8.69. The Balaban J connectivity index is 1.41. The van der Waals surface area contributed by atoms with E-state index in [0.29, 0.717) is 0 Å². The number of aromatic nitrogens is 3. The minimum atomic E-state index is 0.957. The van der Waals surface area contributed by atoms with E-state index in [2.05, 4.69) is 74.7 Å². The highest BCUT2D eigenvalue weighted by molar-refractivity contribution is 5.19. The van der Waals surface area contributed by atoms with Gasteiger partial charge < -0.3 is 9.13 Å². The zero-order valence-corrected chi connectivity index (χ0v) is 14.2. The van der Waals surface area contributed by atoms with Crippen LogP contribution in [0.25, 0.3) is 0 Å². The molecule has 0 saturated carbocycles. The minimum Gasteiger partial charge on any atom is -0.353 e. The fourth-order valence-corrected chi connectivity index (χ4v) is 3.54. The van der Waals surface area contributed by atoms with Gasteiger partial charge in [-0.1, -0.05) is 30.3 Å². The van der Waals surface area contributed by atoms with Crippen molar-refractivity contribution >= 4 is 0 Å². The third-order valence-corrected chi connectivity index (χ3v) is 4.99. The first kappa shape index (κ1) is 15.2. The molecule has 0 fully saturated rings. The number of benzene rings is 1. The standard InChI is InChI=1S/C20H24N4/c1-22-11-5-8-18(22)14-23-12-10-20-19(15-23)21-16-24(20)13-9-17-6-3-2-4-7-17/h2-8,11,16H,9-10,12-15H2,1H3. The molecule has 3 heterocycles. The molecule has 0 saturated heterocycles. The summed E-state index contributed by atoms with van der Waals surface area (Å²) in [5.41, 5.74) is 5.43. The molecule has 1 aliphatic rings. The van der Waals surface area contributed by atoms with E-state index in [1.54, 1.807) is 0 Å². The lowest BCUT2D eigenvalue weighted by Crippen LogP contribution is -2.31. The highest BCUT2D eigenvalue weighted by Gasteiger charge is 2.21. The summed E-state index contributed by atoms with van der Waals surface area (Å²) in [6, 6.07) is 15.0. The molecule has 0 spiro atoms. The summed E-state index contributed by atoms with van der Waals surface area (Å²) in [6.45, 7) is 4.08. The Hall–Kier alpha value is -2.33. The van der Waals surface area contributed by atoms with Gasteiger partial charge >= 0.3 is 0 Å². The van der Waals surface area contributed by atoms with Crippen molar-refractivity contribution < 1.29 is 0 Å². The zero-order chi connectivity index (χ0) is 16.4. The second-order valence-electron chi connectivity index (χ2n) is 6.64. The number of hydrogen-bond donors (Lipinski definition) is 0. The molecule has 1 aromatic carbocycles. The first-order valence-corrected chi connectivity index (χ1v) is 8.69. The van der Waals surface area contributed by atoms with E-state index in [0.717, 1.165) is 39.0 Å². The van der Waals surface area contributed by atoms with Crippen LogP contribution in [0.3, 0.4) is 0 Å². The maximum absolute atomic E-state index is 4.69. The normalized spacial score (nSPS) is 14.7. The highest BCUT2D eigenvalue weighted by atomic mass is 15.2. The summed E-state index contributed by atoms with van der Waals surface area (Å²) in [6.07, 6.45) is 6.30. The quantitative estimate of drug-likeness (QED) is 0.722. The molecule has 0 unspecified atom stereocenters. The van der Waals surface area contributed by atoms with Crippen molar-refractivity contribution in [1.82, 2.24) is 19.0 Å². The van der Waals surface area contributed by atoms with E-state index in [-0.39, 0.29) is 0 Å². The fourth-order valence-electron chi connectivity index (χ4n) is 3.54. The van der Waals surface area contributed by atoms with E-state index in [4.69, 9.17) is 0 Å². The molecule has 4 nitrogen and oxygen atoms in total. The molecular formula is C20H24N4. The molecule has 2 aromatic heterocycles. The van der Waals surface area contributed by atoms with E-state index in [1.807, 2.05) is 6.33 Å². The monoisotopic (exact) mass is 320 g/mol. The van der Waals surface area contributed by atoms with Gasteiger partial charge in [0.2, 0.25) is 0 Å². The topological polar surface area (TPSA) is 26.0 Å².